The minimum absolute atomic E-state index is 0.0144. The minimum atomic E-state index is -3.99. The summed E-state index contributed by atoms with van der Waals surface area (Å²) >= 11 is 0. The largest absolute Gasteiger partial charge is 0.474 e. The zero-order chi connectivity index (χ0) is 35.2. The van der Waals surface area contributed by atoms with Gasteiger partial charge in [-0.2, -0.15) is 9.46 Å². The van der Waals surface area contributed by atoms with Crippen molar-refractivity contribution in [1.29, 1.82) is 0 Å². The molecule has 0 bridgehead atoms. The van der Waals surface area contributed by atoms with Crippen LogP contribution in [0.25, 0.3) is 0 Å². The van der Waals surface area contributed by atoms with E-state index in [9.17, 15) is 9.18 Å². The number of hydrogen-bond acceptors (Lipinski definition) is 6. The first-order valence-electron chi connectivity index (χ1n) is 17.0. The number of anilines is 1. The van der Waals surface area contributed by atoms with Crippen LogP contribution in [0.1, 0.15) is 45.4 Å². The molecule has 3 atom stereocenters. The maximum absolute atomic E-state index is 16.0. The fraction of sp³-hybridized carbons (Fsp3) is 0.282. The zero-order valence-corrected chi connectivity index (χ0v) is 28.8. The molecule has 2 unspecified atom stereocenters. The number of halogens is 2. The highest BCUT2D eigenvalue weighted by Gasteiger charge is 2.41. The Morgan fingerprint density at radius 1 is 0.922 bits per heavy atom. The predicted molar refractivity (Wildman–Crippen MR) is 189 cm³/mol. The molecule has 2 N–H and O–H groups in total. The van der Waals surface area contributed by atoms with E-state index in [4.69, 9.17) is 13.8 Å². The molecule has 0 radical (unpaired) electrons. The molecule has 0 saturated carbocycles. The van der Waals surface area contributed by atoms with Crippen molar-refractivity contribution in [1.82, 2.24) is 14.5 Å². The molecule has 2 amide bonds. The Balaban J connectivity index is 1.34. The molecule has 2 aliphatic carbocycles. The SMILES string of the molecule is COC1COc2c(S(=O)(=NC(c3ccccc3)(c3ccccc3)c3ccccc3)NC(=O)Nc3c4c(c(F)c5c3C[C@@H](F)C5)CCC4)cnn2C1. The van der Waals surface area contributed by atoms with Crippen LogP contribution in [0.4, 0.5) is 19.3 Å². The number of carbonyl (C=O) groups is 1. The van der Waals surface area contributed by atoms with E-state index in [-0.39, 0.29) is 42.1 Å². The van der Waals surface area contributed by atoms with Gasteiger partial charge in [0, 0.05) is 25.6 Å². The van der Waals surface area contributed by atoms with E-state index in [2.05, 4.69) is 15.1 Å². The van der Waals surface area contributed by atoms with Crippen molar-refractivity contribution in [3.63, 3.8) is 0 Å². The summed E-state index contributed by atoms with van der Waals surface area (Å²) in [6, 6.07) is 27.6. The smallest absolute Gasteiger partial charge is 0.331 e. The Bertz CT molecular complexity index is 2130. The lowest BCUT2D eigenvalue weighted by molar-refractivity contribution is 0.0165. The quantitative estimate of drug-likeness (QED) is 0.170. The Morgan fingerprint density at radius 3 is 2.12 bits per heavy atom. The van der Waals surface area contributed by atoms with E-state index >= 15 is 8.60 Å². The van der Waals surface area contributed by atoms with E-state index in [0.29, 0.717) is 70.4 Å². The molecule has 5 aromatic rings. The third kappa shape index (κ3) is 5.76. The molecule has 0 saturated heterocycles. The maximum atomic E-state index is 16.0. The lowest BCUT2D eigenvalue weighted by Crippen LogP contribution is -2.39. The van der Waals surface area contributed by atoms with Crippen molar-refractivity contribution in [2.75, 3.05) is 19.0 Å². The molecular weight excluding hydrogens is 673 g/mol. The molecule has 4 aromatic carbocycles. The molecule has 51 heavy (non-hydrogen) atoms. The first-order valence-corrected chi connectivity index (χ1v) is 18.6. The van der Waals surface area contributed by atoms with Gasteiger partial charge in [0.2, 0.25) is 5.88 Å². The van der Waals surface area contributed by atoms with Crippen LogP contribution < -0.4 is 14.8 Å². The van der Waals surface area contributed by atoms with E-state index in [1.807, 2.05) is 91.0 Å². The van der Waals surface area contributed by atoms with Gasteiger partial charge in [-0.3, -0.25) is 0 Å². The fourth-order valence-electron chi connectivity index (χ4n) is 7.68. The number of hydrogen-bond donors (Lipinski definition) is 2. The maximum Gasteiger partial charge on any atom is 0.331 e. The first-order chi connectivity index (χ1) is 24.8. The van der Waals surface area contributed by atoms with E-state index in [0.717, 1.165) is 0 Å². The number of carbonyl (C=O) groups excluding carboxylic acids is 1. The van der Waals surface area contributed by atoms with Crippen molar-refractivity contribution in [3.8, 4) is 5.88 Å². The van der Waals surface area contributed by atoms with Crippen LogP contribution >= 0.6 is 0 Å². The summed E-state index contributed by atoms with van der Waals surface area (Å²) in [5.74, 6) is -0.178. The van der Waals surface area contributed by atoms with Gasteiger partial charge in [-0.1, -0.05) is 91.0 Å². The lowest BCUT2D eigenvalue weighted by atomic mass is 9.78. The summed E-state index contributed by atoms with van der Waals surface area (Å²) in [4.78, 5) is 14.4. The van der Waals surface area contributed by atoms with Gasteiger partial charge in [0.25, 0.3) is 0 Å². The fourth-order valence-corrected chi connectivity index (χ4v) is 9.53. The average molecular weight is 710 g/mol. The highest BCUT2D eigenvalue weighted by Crippen LogP contribution is 2.44. The lowest BCUT2D eigenvalue weighted by Gasteiger charge is -2.33. The molecule has 262 valence electrons. The normalized spacial score (nSPS) is 18.9. The van der Waals surface area contributed by atoms with Gasteiger partial charge in [-0.15, -0.1) is 0 Å². The van der Waals surface area contributed by atoms with Crippen LogP contribution in [0, 0.1) is 5.82 Å². The number of urea groups is 1. The number of alkyl halides is 1. The van der Waals surface area contributed by atoms with Gasteiger partial charge < -0.3 is 14.8 Å². The van der Waals surface area contributed by atoms with Gasteiger partial charge in [0.15, 0.2) is 9.92 Å². The molecule has 0 spiro atoms. The minimum Gasteiger partial charge on any atom is -0.474 e. The van der Waals surface area contributed by atoms with Crippen LogP contribution in [-0.2, 0) is 52.4 Å². The van der Waals surface area contributed by atoms with Crippen LogP contribution in [0.3, 0.4) is 0 Å². The van der Waals surface area contributed by atoms with Crippen molar-refractivity contribution >= 4 is 21.6 Å². The Kier molecular flexibility index (Phi) is 8.59. The predicted octanol–water partition coefficient (Wildman–Crippen LogP) is 6.91. The molecule has 12 heteroatoms. The third-order valence-electron chi connectivity index (χ3n) is 10.1. The monoisotopic (exact) mass is 709 g/mol. The van der Waals surface area contributed by atoms with Gasteiger partial charge in [0.05, 0.1) is 12.7 Å². The van der Waals surface area contributed by atoms with Crippen molar-refractivity contribution in [2.24, 2.45) is 4.36 Å². The number of rotatable bonds is 8. The summed E-state index contributed by atoms with van der Waals surface area (Å²) in [7, 11) is -2.41. The molecule has 8 rings (SSSR count). The highest BCUT2D eigenvalue weighted by atomic mass is 32.2. The molecule has 1 aromatic heterocycles. The van der Waals surface area contributed by atoms with Crippen LogP contribution in [0.2, 0.25) is 0 Å². The van der Waals surface area contributed by atoms with Crippen LogP contribution in [-0.4, -0.2) is 46.0 Å². The van der Waals surface area contributed by atoms with E-state index in [1.54, 1.807) is 11.8 Å². The first kappa shape index (κ1) is 33.1. The number of nitrogens with one attached hydrogen (secondary N) is 2. The highest BCUT2D eigenvalue weighted by molar-refractivity contribution is 7.92. The Hall–Kier alpha value is -5.07. The molecule has 3 aliphatic rings. The number of ether oxygens (including phenoxy) is 2. The van der Waals surface area contributed by atoms with Crippen molar-refractivity contribution < 1.29 is 27.3 Å². The number of methoxy groups -OCH3 is 1. The second-order valence-corrected chi connectivity index (χ2v) is 15.0. The third-order valence-corrected chi connectivity index (χ3v) is 11.9. The van der Waals surface area contributed by atoms with Gasteiger partial charge in [0.1, 0.15) is 35.1 Å². The van der Waals surface area contributed by atoms with E-state index in [1.165, 1.54) is 6.20 Å². The van der Waals surface area contributed by atoms with Gasteiger partial charge in [-0.25, -0.2) is 27.2 Å². The summed E-state index contributed by atoms with van der Waals surface area (Å²) in [6.07, 6.45) is 1.56. The summed E-state index contributed by atoms with van der Waals surface area (Å²) in [5, 5.41) is 7.39. The number of aromatic nitrogens is 2. The zero-order valence-electron chi connectivity index (χ0n) is 28.0. The van der Waals surface area contributed by atoms with Gasteiger partial charge >= 0.3 is 6.03 Å². The van der Waals surface area contributed by atoms with Crippen molar-refractivity contribution in [3.05, 3.63) is 142 Å². The number of fused-ring (bicyclic) bond motifs is 3. The molecule has 1 aliphatic heterocycles. The van der Waals surface area contributed by atoms with Gasteiger partial charge in [-0.05, 0) is 58.2 Å². The number of amides is 2. The number of nitrogens with zero attached hydrogens (tertiary/aromatic N) is 3. The Labute approximate surface area is 295 Å². The standard InChI is InChI=1S/C39H37F2N5O4S/c1-49-29-23-46-37(50-24-29)34(22-42-46)51(48,44-38(47)43-36-31-19-11-18-30(31)35(41)32-20-28(40)21-33(32)36)45-39(25-12-5-2-6-13-25,26-14-7-3-8-15-26)27-16-9-4-10-17-27/h2-10,12-17,22,28-29H,11,18-21,23-24H2,1H3,(H2,43,44,45,47,48)/t28-,29?,51?/m0/s1. The topological polar surface area (TPSA) is 107 Å². The second kappa shape index (κ2) is 13.2. The number of benzene rings is 4. The molecular formula is C39H37F2N5O4S. The summed E-state index contributed by atoms with van der Waals surface area (Å²) in [5.41, 5.74) is 3.03. The second-order valence-electron chi connectivity index (χ2n) is 13.1. The van der Waals surface area contributed by atoms with E-state index < -0.39 is 27.7 Å². The summed E-state index contributed by atoms with van der Waals surface area (Å²) in [6.45, 7) is 0.517. The van der Waals surface area contributed by atoms with Crippen molar-refractivity contribution in [2.45, 2.75) is 61.4 Å². The molecule has 0 fully saturated rings. The molecule has 2 heterocycles. The average Bonchev–Trinajstić information content (AvgIpc) is 3.92. The molecule has 9 nitrogen and oxygen atoms in total. The van der Waals surface area contributed by atoms with Crippen LogP contribution in [0.5, 0.6) is 5.88 Å². The Morgan fingerprint density at radius 2 is 1.51 bits per heavy atom. The van der Waals surface area contributed by atoms with Crippen LogP contribution in [0.15, 0.2) is 106 Å². The summed E-state index contributed by atoms with van der Waals surface area (Å²) < 4.78 is 67.4.